The Bertz CT molecular complexity index is 2640. The van der Waals surface area contributed by atoms with Gasteiger partial charge in [0.25, 0.3) is 0 Å². The quantitative estimate of drug-likeness (QED) is 0.0314. The van der Waals surface area contributed by atoms with Crippen molar-refractivity contribution >= 4 is 50.9 Å². The summed E-state index contributed by atoms with van der Waals surface area (Å²) in [5, 5.41) is 10.0. The van der Waals surface area contributed by atoms with E-state index in [-0.39, 0.29) is 55.5 Å². The van der Waals surface area contributed by atoms with Gasteiger partial charge >= 0.3 is 0 Å². The lowest BCUT2D eigenvalue weighted by Gasteiger charge is -2.28. The van der Waals surface area contributed by atoms with Crippen LogP contribution < -0.4 is 41.3 Å². The minimum Gasteiger partial charge on any atom is -0.496 e. The Hall–Kier alpha value is -6.05. The second-order valence-corrected chi connectivity index (χ2v) is 20.6. The molecule has 2 aromatic carbocycles. The lowest BCUT2D eigenvalue weighted by molar-refractivity contribution is -0.139. The lowest BCUT2D eigenvalue weighted by atomic mass is 9.79. The van der Waals surface area contributed by atoms with E-state index in [2.05, 4.69) is 66.8 Å². The van der Waals surface area contributed by atoms with Crippen LogP contribution >= 0.6 is 11.3 Å². The van der Waals surface area contributed by atoms with Crippen molar-refractivity contribution in [3.05, 3.63) is 102 Å². The van der Waals surface area contributed by atoms with E-state index in [1.807, 2.05) is 57.5 Å². The Morgan fingerprint density at radius 1 is 0.865 bits per heavy atom. The van der Waals surface area contributed by atoms with Crippen LogP contribution in [0.5, 0.6) is 5.75 Å². The molecule has 1 aromatic heterocycles. The molecule has 18 heteroatoms. The number of hydrogen-bond donors (Lipinski definition) is 4. The molecule has 4 aliphatic rings. The highest BCUT2D eigenvalue weighted by Gasteiger charge is 2.43. The molecule has 7 rings (SSSR count). The van der Waals surface area contributed by atoms with Crippen LogP contribution in [0.15, 0.2) is 85.2 Å². The predicted molar refractivity (Wildman–Crippen MR) is 289 cm³/mol. The number of anilines is 1. The Labute approximate surface area is 439 Å². The Balaban J connectivity index is 0.769. The minimum atomic E-state index is -0.893. The molecule has 2 aliphatic heterocycles. The first kappa shape index (κ1) is 55.7. The van der Waals surface area contributed by atoms with Gasteiger partial charge in [0.15, 0.2) is 0 Å². The molecule has 4 atom stereocenters. The van der Waals surface area contributed by atoms with Crippen molar-refractivity contribution in [3.63, 3.8) is 0 Å². The maximum absolute atomic E-state index is 14.3. The van der Waals surface area contributed by atoms with Crippen molar-refractivity contribution in [2.45, 2.75) is 82.3 Å². The third-order valence-electron chi connectivity index (χ3n) is 14.1. The van der Waals surface area contributed by atoms with Gasteiger partial charge in [0.1, 0.15) is 31.9 Å². The number of hydrogen-bond acceptors (Lipinski definition) is 13. The van der Waals surface area contributed by atoms with E-state index in [9.17, 15) is 19.2 Å². The van der Waals surface area contributed by atoms with Crippen LogP contribution in [0, 0.1) is 11.8 Å². The summed E-state index contributed by atoms with van der Waals surface area (Å²) in [6.07, 6.45) is 10.9. The minimum absolute atomic E-state index is 0.0107. The molecular formula is C56H76N9O8S+. The zero-order valence-electron chi connectivity index (χ0n) is 43.6. The highest BCUT2D eigenvalue weighted by molar-refractivity contribution is 7.21. The number of likely N-dealkylation sites (tertiary alicyclic amines) is 1. The molecule has 0 unspecified atom stereocenters. The molecule has 0 radical (unpaired) electrons. The molecule has 2 fully saturated rings. The standard InChI is InChI=1S/C56H75N9O8S/c1-63(2)42-16-18-46-51(35-42)74-52-36-43(17-19-47(52)61-46)64(3)26-10-15-53(66)59-24-27-71-29-31-73-32-30-72-28-25-60-55(68)48(33-39-20-22-58-23-21-39)62-56(69)49-34-41(40-11-6-5-7-12-40)38-65(49)54(67)37-45(57)44-13-8-9-14-50(44)70-4/h8-9,13-14,16-23,35-36,40-41,45,48-49H,5-7,10-12,15,24-34,37-38,57H2,1-4H3,(H2-,59,60,62,66,68,69)/p+1/t41-,45+,48+,49+/m1/s1. The molecule has 0 bridgehead atoms. The number of nitrogens with zero attached hydrogens (tertiary/aromatic N) is 5. The Morgan fingerprint density at radius 2 is 1.58 bits per heavy atom. The summed E-state index contributed by atoms with van der Waals surface area (Å²) < 4.78 is 25.8. The summed E-state index contributed by atoms with van der Waals surface area (Å²) in [5.41, 5.74) is 11.2. The monoisotopic (exact) mass is 1030 g/mol. The number of aromatic nitrogens is 2. The van der Waals surface area contributed by atoms with Crippen LogP contribution in [-0.4, -0.2) is 145 Å². The Morgan fingerprint density at radius 3 is 2.31 bits per heavy atom. The number of benzene rings is 3. The summed E-state index contributed by atoms with van der Waals surface area (Å²) in [6.45, 7) is 3.90. The Kier molecular flexibility index (Phi) is 21.5. The van der Waals surface area contributed by atoms with E-state index in [0.29, 0.717) is 77.1 Å². The van der Waals surface area contributed by atoms with Crippen LogP contribution in [-0.2, 0) is 39.8 Å². The van der Waals surface area contributed by atoms with Crippen LogP contribution in [0.2, 0.25) is 0 Å². The van der Waals surface area contributed by atoms with E-state index < -0.39 is 18.1 Å². The fraction of sp³-hybridized carbons (Fsp3) is 0.518. The lowest BCUT2D eigenvalue weighted by Crippen LogP contribution is -2.54. The zero-order valence-corrected chi connectivity index (χ0v) is 44.4. The largest absolute Gasteiger partial charge is 0.496 e. The molecule has 74 heavy (non-hydrogen) atoms. The molecule has 5 N–H and O–H groups in total. The molecule has 0 spiro atoms. The number of carbonyl (C=O) groups is 4. The van der Waals surface area contributed by atoms with Gasteiger partial charge in [-0.25, -0.2) is 9.56 Å². The van der Waals surface area contributed by atoms with E-state index >= 15 is 0 Å². The molecule has 3 aromatic rings. The highest BCUT2D eigenvalue weighted by atomic mass is 32.1. The van der Waals surface area contributed by atoms with Gasteiger partial charge in [0.2, 0.25) is 29.0 Å². The molecule has 398 valence electrons. The second kappa shape index (κ2) is 28.6. The number of para-hydroxylation sites is 1. The van der Waals surface area contributed by atoms with Gasteiger partial charge in [-0.05, 0) is 72.7 Å². The second-order valence-electron chi connectivity index (χ2n) is 19.5. The SMILES string of the molecule is COc1ccccc1[C@@H](N)CC(=O)N1C[C@H](C2CCCCC2)C[C@H]1C(=O)N[C@@H](Cc1ccncc1)C(=O)NCCOCCOCCOCCNC(=O)CCCN(C)c1ccc2nc3ccc(=[N+](C)C)cc-3sc2c1. The van der Waals surface area contributed by atoms with Crippen molar-refractivity contribution in [1.29, 1.82) is 0 Å². The molecule has 2 aliphatic carbocycles. The molecule has 17 nitrogen and oxygen atoms in total. The normalized spacial score (nSPS) is 16.7. The fourth-order valence-corrected chi connectivity index (χ4v) is 11.0. The van der Waals surface area contributed by atoms with Crippen LogP contribution in [0.3, 0.4) is 0 Å². The van der Waals surface area contributed by atoms with Gasteiger partial charge < -0.3 is 50.4 Å². The first-order chi connectivity index (χ1) is 36.0. The van der Waals surface area contributed by atoms with E-state index in [0.717, 1.165) is 75.2 Å². The number of nitrogens with two attached hydrogens (primary N) is 1. The maximum Gasteiger partial charge on any atom is 0.243 e. The van der Waals surface area contributed by atoms with E-state index in [1.54, 1.807) is 35.7 Å². The third kappa shape index (κ3) is 16.2. The average molecular weight is 1040 g/mol. The highest BCUT2D eigenvalue weighted by Crippen LogP contribution is 2.39. The molecule has 3 heterocycles. The molecular weight excluding hydrogens is 959 g/mol. The van der Waals surface area contributed by atoms with Gasteiger partial charge in [0, 0.05) is 94.3 Å². The van der Waals surface area contributed by atoms with Crippen molar-refractivity contribution in [2.75, 3.05) is 99.0 Å². The van der Waals surface area contributed by atoms with Gasteiger partial charge in [-0.2, -0.15) is 0 Å². The van der Waals surface area contributed by atoms with Crippen molar-refractivity contribution in [3.8, 4) is 16.3 Å². The number of methoxy groups -OCH3 is 1. The third-order valence-corrected chi connectivity index (χ3v) is 15.2. The van der Waals surface area contributed by atoms with Crippen LogP contribution in [0.25, 0.3) is 20.8 Å². The summed E-state index contributed by atoms with van der Waals surface area (Å²) in [6, 6.07) is 21.5. The van der Waals surface area contributed by atoms with Crippen molar-refractivity contribution in [2.24, 2.45) is 17.6 Å². The number of rotatable bonds is 27. The number of fused-ring (bicyclic) bond motifs is 2. The number of carbonyl (C=O) groups excluding carboxylic acids is 4. The van der Waals surface area contributed by atoms with Gasteiger partial charge in [-0.3, -0.25) is 24.2 Å². The topological polar surface area (TPSA) is 203 Å². The molecule has 1 saturated carbocycles. The summed E-state index contributed by atoms with van der Waals surface area (Å²) in [4.78, 5) is 68.6. The number of nitrogens with one attached hydrogen (secondary N) is 3. The summed E-state index contributed by atoms with van der Waals surface area (Å²) in [5.74, 6) is 0.344. The molecule has 4 amide bonds. The van der Waals surface area contributed by atoms with Crippen LogP contribution in [0.4, 0.5) is 5.69 Å². The van der Waals surface area contributed by atoms with Gasteiger partial charge in [0.05, 0.1) is 67.5 Å². The average Bonchev–Trinajstić information content (AvgIpc) is 3.88. The fourth-order valence-electron chi connectivity index (χ4n) is 9.95. The number of ether oxygens (including phenoxy) is 4. The summed E-state index contributed by atoms with van der Waals surface area (Å²) >= 11 is 1.74. The van der Waals surface area contributed by atoms with Gasteiger partial charge in [-0.1, -0.05) is 50.3 Å². The number of amides is 4. The van der Waals surface area contributed by atoms with Crippen molar-refractivity contribution < 1.29 is 38.1 Å². The van der Waals surface area contributed by atoms with Gasteiger partial charge in [-0.15, -0.1) is 11.3 Å². The number of pyridine rings is 1. The smallest absolute Gasteiger partial charge is 0.243 e. The van der Waals surface area contributed by atoms with Crippen LogP contribution in [0.1, 0.15) is 75.0 Å². The maximum atomic E-state index is 14.3. The predicted octanol–water partition coefficient (Wildman–Crippen LogP) is 4.95. The first-order valence-corrected chi connectivity index (χ1v) is 27.0. The van der Waals surface area contributed by atoms with E-state index in [1.165, 1.54) is 6.42 Å². The van der Waals surface area contributed by atoms with Crippen molar-refractivity contribution in [1.82, 2.24) is 35.4 Å². The summed E-state index contributed by atoms with van der Waals surface area (Å²) in [7, 11) is 7.69. The zero-order chi connectivity index (χ0) is 52.2. The first-order valence-electron chi connectivity index (χ1n) is 26.2. The molecule has 1 saturated heterocycles. The van der Waals surface area contributed by atoms with E-state index in [4.69, 9.17) is 29.7 Å².